The van der Waals surface area contributed by atoms with Crippen LogP contribution in [0.2, 0.25) is 5.15 Å². The molecule has 0 unspecified atom stereocenters. The van der Waals surface area contributed by atoms with Crippen LogP contribution in [0.15, 0.2) is 24.3 Å². The number of rotatable bonds is 3. The van der Waals surface area contributed by atoms with E-state index in [1.54, 1.807) is 13.2 Å². The van der Waals surface area contributed by atoms with Crippen LogP contribution in [-0.4, -0.2) is 17.1 Å². The highest BCUT2D eigenvalue weighted by Gasteiger charge is 2.21. The van der Waals surface area contributed by atoms with Gasteiger partial charge in [-0.15, -0.1) is 0 Å². The van der Waals surface area contributed by atoms with E-state index < -0.39 is 0 Å². The first-order valence-electron chi connectivity index (χ1n) is 6.68. The van der Waals surface area contributed by atoms with E-state index in [4.69, 9.17) is 21.1 Å². The van der Waals surface area contributed by atoms with E-state index in [1.807, 2.05) is 45.9 Å². The molecule has 0 aliphatic rings. The van der Waals surface area contributed by atoms with Crippen molar-refractivity contribution in [1.29, 1.82) is 0 Å². The molecule has 0 saturated heterocycles. The lowest BCUT2D eigenvalue weighted by molar-refractivity contribution is 0.405. The highest BCUT2D eigenvalue weighted by Crippen LogP contribution is 2.31. The highest BCUT2D eigenvalue weighted by molar-refractivity contribution is 6.30. The molecule has 2 rings (SSSR count). The van der Waals surface area contributed by atoms with Crippen molar-refractivity contribution in [2.75, 3.05) is 7.11 Å². The number of ether oxygens (including phenoxy) is 2. The number of nitrogens with zero attached hydrogens (tertiary/aromatic N) is 2. The number of hydrogen-bond donors (Lipinski definition) is 0. The number of methoxy groups -OCH3 is 1. The lowest BCUT2D eigenvalue weighted by Gasteiger charge is -2.19. The molecular weight excluding hydrogens is 288 g/mol. The molecular formula is C16H19ClN2O2. The Morgan fingerprint density at radius 3 is 2.38 bits per heavy atom. The molecule has 0 atom stereocenters. The summed E-state index contributed by atoms with van der Waals surface area (Å²) in [6.07, 6.45) is 0. The van der Waals surface area contributed by atoms with E-state index in [2.05, 4.69) is 9.97 Å². The molecule has 21 heavy (non-hydrogen) atoms. The number of hydrogen-bond acceptors (Lipinski definition) is 4. The second-order valence-corrected chi connectivity index (χ2v) is 6.16. The van der Waals surface area contributed by atoms with Crippen molar-refractivity contribution in [1.82, 2.24) is 9.97 Å². The van der Waals surface area contributed by atoms with Crippen LogP contribution < -0.4 is 9.47 Å². The fourth-order valence-electron chi connectivity index (χ4n) is 1.68. The molecule has 0 N–H and O–H groups in total. The molecule has 0 saturated carbocycles. The Morgan fingerprint density at radius 2 is 1.76 bits per heavy atom. The van der Waals surface area contributed by atoms with Gasteiger partial charge in [0.1, 0.15) is 22.5 Å². The summed E-state index contributed by atoms with van der Waals surface area (Å²) in [6, 6.07) is 7.35. The van der Waals surface area contributed by atoms with E-state index in [0.29, 0.717) is 28.2 Å². The van der Waals surface area contributed by atoms with Gasteiger partial charge in [-0.25, -0.2) is 4.98 Å². The molecule has 0 spiro atoms. The zero-order valence-corrected chi connectivity index (χ0v) is 13.7. The van der Waals surface area contributed by atoms with Crippen LogP contribution in [-0.2, 0) is 5.41 Å². The Labute approximate surface area is 130 Å². The van der Waals surface area contributed by atoms with E-state index in [1.165, 1.54) is 0 Å². The second-order valence-electron chi connectivity index (χ2n) is 5.80. The summed E-state index contributed by atoms with van der Waals surface area (Å²) in [5, 5.41) is 0.410. The maximum absolute atomic E-state index is 6.19. The molecule has 4 nitrogen and oxygen atoms in total. The number of aromatic nitrogens is 2. The minimum Gasteiger partial charge on any atom is -0.497 e. The lowest BCUT2D eigenvalue weighted by atomic mass is 9.96. The summed E-state index contributed by atoms with van der Waals surface area (Å²) in [4.78, 5) is 8.83. The van der Waals surface area contributed by atoms with Crippen LogP contribution in [0.1, 0.15) is 32.2 Å². The van der Waals surface area contributed by atoms with Crippen molar-refractivity contribution in [2.24, 2.45) is 0 Å². The second kappa shape index (κ2) is 5.90. The zero-order chi connectivity index (χ0) is 15.6. The third-order valence-corrected chi connectivity index (χ3v) is 3.34. The summed E-state index contributed by atoms with van der Waals surface area (Å²) < 4.78 is 11.0. The summed E-state index contributed by atoms with van der Waals surface area (Å²) >= 11 is 6.19. The van der Waals surface area contributed by atoms with Crippen LogP contribution in [0.5, 0.6) is 17.4 Å². The summed E-state index contributed by atoms with van der Waals surface area (Å²) in [5.41, 5.74) is 0.511. The minimum atomic E-state index is -0.205. The molecule has 112 valence electrons. The van der Waals surface area contributed by atoms with Crippen molar-refractivity contribution in [3.8, 4) is 17.4 Å². The maximum atomic E-state index is 6.19. The molecule has 1 aromatic carbocycles. The molecule has 0 aliphatic heterocycles. The van der Waals surface area contributed by atoms with E-state index >= 15 is 0 Å². The fourth-order valence-corrected chi connectivity index (χ4v) is 1.84. The first-order valence-corrected chi connectivity index (χ1v) is 7.05. The fraction of sp³-hybridized carbons (Fsp3) is 0.375. The van der Waals surface area contributed by atoms with Crippen LogP contribution in [0.4, 0.5) is 0 Å². The van der Waals surface area contributed by atoms with E-state index in [9.17, 15) is 0 Å². The molecule has 0 radical (unpaired) electrons. The van der Waals surface area contributed by atoms with Gasteiger partial charge in [-0.1, -0.05) is 38.4 Å². The van der Waals surface area contributed by atoms with Crippen LogP contribution in [0, 0.1) is 6.92 Å². The van der Waals surface area contributed by atoms with Crippen molar-refractivity contribution in [3.05, 3.63) is 40.8 Å². The van der Waals surface area contributed by atoms with Crippen LogP contribution in [0.25, 0.3) is 0 Å². The third kappa shape index (κ3) is 3.64. The maximum Gasteiger partial charge on any atom is 0.227 e. The minimum absolute atomic E-state index is 0.205. The lowest BCUT2D eigenvalue weighted by Crippen LogP contribution is -2.17. The van der Waals surface area contributed by atoms with Crippen LogP contribution in [0.3, 0.4) is 0 Å². The van der Waals surface area contributed by atoms with Gasteiger partial charge in [0, 0.05) is 17.0 Å². The van der Waals surface area contributed by atoms with Gasteiger partial charge in [0.25, 0.3) is 0 Å². The third-order valence-electron chi connectivity index (χ3n) is 2.97. The van der Waals surface area contributed by atoms with Crippen molar-refractivity contribution < 1.29 is 9.47 Å². The van der Waals surface area contributed by atoms with Gasteiger partial charge in [-0.05, 0) is 19.1 Å². The Hall–Kier alpha value is -1.81. The first-order chi connectivity index (χ1) is 9.81. The van der Waals surface area contributed by atoms with E-state index in [0.717, 1.165) is 5.75 Å². The average molecular weight is 307 g/mol. The molecule has 5 heteroatoms. The van der Waals surface area contributed by atoms with Crippen LogP contribution >= 0.6 is 11.6 Å². The highest BCUT2D eigenvalue weighted by atomic mass is 35.5. The summed E-state index contributed by atoms with van der Waals surface area (Å²) in [7, 11) is 1.61. The van der Waals surface area contributed by atoms with Gasteiger partial charge in [-0.2, -0.15) is 4.98 Å². The van der Waals surface area contributed by atoms with Gasteiger partial charge in [0.15, 0.2) is 0 Å². The van der Waals surface area contributed by atoms with Gasteiger partial charge in [-0.3, -0.25) is 0 Å². The van der Waals surface area contributed by atoms with Gasteiger partial charge in [0.05, 0.1) is 7.11 Å². The molecule has 0 aliphatic carbocycles. The Kier molecular flexibility index (Phi) is 4.37. The molecule has 1 aromatic heterocycles. The quantitative estimate of drug-likeness (QED) is 0.781. The Morgan fingerprint density at radius 1 is 1.10 bits per heavy atom. The molecule has 0 amide bonds. The summed E-state index contributed by atoms with van der Waals surface area (Å²) in [6.45, 7) is 7.93. The normalized spacial score (nSPS) is 11.3. The summed E-state index contributed by atoms with van der Waals surface area (Å²) in [5.74, 6) is 2.48. The topological polar surface area (TPSA) is 44.2 Å². The zero-order valence-electron chi connectivity index (χ0n) is 12.9. The number of benzene rings is 1. The SMILES string of the molecule is COc1cccc(Oc2nc(C(C)(C)C)nc(Cl)c2C)c1. The molecule has 0 bridgehead atoms. The van der Waals surface area contributed by atoms with Gasteiger partial charge >= 0.3 is 0 Å². The van der Waals surface area contributed by atoms with Crippen molar-refractivity contribution >= 4 is 11.6 Å². The molecule has 0 fully saturated rings. The van der Waals surface area contributed by atoms with Gasteiger partial charge in [0.2, 0.25) is 5.88 Å². The predicted octanol–water partition coefficient (Wildman–Crippen LogP) is 4.54. The molecule has 2 aromatic rings. The average Bonchev–Trinajstić information content (AvgIpc) is 2.42. The van der Waals surface area contributed by atoms with Crippen molar-refractivity contribution in [2.45, 2.75) is 33.1 Å². The smallest absolute Gasteiger partial charge is 0.227 e. The van der Waals surface area contributed by atoms with E-state index in [-0.39, 0.29) is 5.41 Å². The largest absolute Gasteiger partial charge is 0.497 e. The first kappa shape index (κ1) is 15.6. The monoisotopic (exact) mass is 306 g/mol. The predicted molar refractivity (Wildman–Crippen MR) is 83.5 cm³/mol. The Balaban J connectivity index is 2.41. The molecule has 1 heterocycles. The standard InChI is InChI=1S/C16H19ClN2O2/c1-10-13(17)18-15(16(2,3)4)19-14(10)21-12-8-6-7-11(9-12)20-5/h6-9H,1-5H3. The van der Waals surface area contributed by atoms with Gasteiger partial charge < -0.3 is 9.47 Å². The Bertz CT molecular complexity index is 651. The number of halogens is 1. The van der Waals surface area contributed by atoms with Crippen molar-refractivity contribution in [3.63, 3.8) is 0 Å².